The number of nitrogens with zero attached hydrogens (tertiary/aromatic N) is 1. The van der Waals surface area contributed by atoms with Gasteiger partial charge in [-0.2, -0.15) is 0 Å². The highest BCUT2D eigenvalue weighted by molar-refractivity contribution is 5.32. The second-order valence-corrected chi connectivity index (χ2v) is 5.44. The Bertz CT molecular complexity index is 566. The predicted octanol–water partition coefficient (Wildman–Crippen LogP) is 3.73. The molecule has 0 saturated heterocycles. The van der Waals surface area contributed by atoms with Gasteiger partial charge < -0.3 is 5.32 Å². The topological polar surface area (TPSA) is 24.9 Å². The maximum absolute atomic E-state index is 13.9. The molecule has 0 bridgehead atoms. The van der Waals surface area contributed by atoms with Crippen LogP contribution in [0.2, 0.25) is 0 Å². The Morgan fingerprint density at radius 1 is 1.20 bits per heavy atom. The summed E-state index contributed by atoms with van der Waals surface area (Å²) in [6.45, 7) is 4.39. The molecule has 1 unspecified atom stereocenters. The summed E-state index contributed by atoms with van der Waals surface area (Å²) in [7, 11) is 1.83. The summed E-state index contributed by atoms with van der Waals surface area (Å²) in [6, 6.07) is 11.1. The van der Waals surface area contributed by atoms with Crippen molar-refractivity contribution in [2.75, 3.05) is 7.05 Å². The summed E-state index contributed by atoms with van der Waals surface area (Å²) in [6.07, 6.45) is 2.65. The number of halogens is 1. The molecular formula is C17H21FN2. The van der Waals surface area contributed by atoms with Gasteiger partial charge in [-0.1, -0.05) is 38.1 Å². The van der Waals surface area contributed by atoms with Crippen LogP contribution in [0.15, 0.2) is 42.6 Å². The van der Waals surface area contributed by atoms with Gasteiger partial charge >= 0.3 is 0 Å². The lowest BCUT2D eigenvalue weighted by atomic mass is 9.96. The normalized spacial score (nSPS) is 12.7. The van der Waals surface area contributed by atoms with E-state index < -0.39 is 0 Å². The Morgan fingerprint density at radius 3 is 2.65 bits per heavy atom. The van der Waals surface area contributed by atoms with Gasteiger partial charge in [-0.15, -0.1) is 0 Å². The first-order valence-corrected chi connectivity index (χ1v) is 6.98. The molecule has 1 aromatic heterocycles. The van der Waals surface area contributed by atoms with E-state index in [2.05, 4.69) is 36.3 Å². The highest BCUT2D eigenvalue weighted by Gasteiger charge is 2.17. The molecule has 1 aromatic carbocycles. The van der Waals surface area contributed by atoms with E-state index in [-0.39, 0.29) is 11.9 Å². The highest BCUT2D eigenvalue weighted by Crippen LogP contribution is 2.23. The lowest BCUT2D eigenvalue weighted by Gasteiger charge is -2.18. The molecule has 0 amide bonds. The van der Waals surface area contributed by atoms with Crippen LogP contribution in [-0.4, -0.2) is 12.0 Å². The molecule has 0 aliphatic heterocycles. The van der Waals surface area contributed by atoms with Gasteiger partial charge in [-0.25, -0.2) is 4.39 Å². The highest BCUT2D eigenvalue weighted by atomic mass is 19.1. The molecule has 2 nitrogen and oxygen atoms in total. The first-order chi connectivity index (χ1) is 9.61. The summed E-state index contributed by atoms with van der Waals surface area (Å²) in [5.74, 6) is 0.325. The molecule has 0 saturated carbocycles. The fraction of sp³-hybridized carbons (Fsp3) is 0.353. The fourth-order valence-electron chi connectivity index (χ4n) is 2.44. The minimum absolute atomic E-state index is 0.219. The summed E-state index contributed by atoms with van der Waals surface area (Å²) < 4.78 is 13.9. The van der Waals surface area contributed by atoms with Crippen LogP contribution in [0.1, 0.15) is 36.7 Å². The summed E-state index contributed by atoms with van der Waals surface area (Å²) in [4.78, 5) is 4.18. The largest absolute Gasteiger partial charge is 0.308 e. The summed E-state index contributed by atoms with van der Waals surface area (Å²) in [5.41, 5.74) is 2.76. The Labute approximate surface area is 120 Å². The van der Waals surface area contributed by atoms with Gasteiger partial charge in [0.2, 0.25) is 0 Å². The van der Waals surface area contributed by atoms with E-state index in [1.165, 1.54) is 11.6 Å². The number of benzene rings is 1. The van der Waals surface area contributed by atoms with E-state index in [4.69, 9.17) is 0 Å². The van der Waals surface area contributed by atoms with E-state index >= 15 is 0 Å². The molecule has 3 heteroatoms. The molecule has 0 fully saturated rings. The van der Waals surface area contributed by atoms with Gasteiger partial charge in [0.25, 0.3) is 0 Å². The van der Waals surface area contributed by atoms with Crippen LogP contribution in [0.3, 0.4) is 0 Å². The third kappa shape index (κ3) is 3.42. The average molecular weight is 272 g/mol. The Kier molecular flexibility index (Phi) is 4.85. The van der Waals surface area contributed by atoms with Crippen molar-refractivity contribution in [2.45, 2.75) is 26.3 Å². The lowest BCUT2D eigenvalue weighted by Crippen LogP contribution is -2.20. The molecule has 2 rings (SSSR count). The van der Waals surface area contributed by atoms with Crippen LogP contribution >= 0.6 is 0 Å². The first-order valence-electron chi connectivity index (χ1n) is 6.98. The number of nitrogens with one attached hydrogen (secondary N) is 1. The molecule has 1 atom stereocenters. The van der Waals surface area contributed by atoms with Gasteiger partial charge in [-0.05, 0) is 42.6 Å². The van der Waals surface area contributed by atoms with Gasteiger partial charge in [0.15, 0.2) is 0 Å². The van der Waals surface area contributed by atoms with Gasteiger partial charge in [-0.3, -0.25) is 4.98 Å². The van der Waals surface area contributed by atoms with Crippen LogP contribution in [0.25, 0.3) is 0 Å². The molecule has 1 N–H and O–H groups in total. The monoisotopic (exact) mass is 272 g/mol. The lowest BCUT2D eigenvalue weighted by molar-refractivity contribution is 0.559. The number of pyridine rings is 1. The van der Waals surface area contributed by atoms with Crippen LogP contribution in [0.4, 0.5) is 4.39 Å². The summed E-state index contributed by atoms with van der Waals surface area (Å²) in [5, 5.41) is 3.15. The van der Waals surface area contributed by atoms with E-state index in [0.717, 1.165) is 12.0 Å². The number of hydrogen-bond acceptors (Lipinski definition) is 2. The smallest absolute Gasteiger partial charge is 0.146 e. The zero-order chi connectivity index (χ0) is 14.5. The summed E-state index contributed by atoms with van der Waals surface area (Å²) >= 11 is 0. The number of rotatable bonds is 5. The quantitative estimate of drug-likeness (QED) is 0.897. The SMILES string of the molecule is CNC(c1cccc(CC(C)C)c1)c1ncccc1F. The second-order valence-electron chi connectivity index (χ2n) is 5.44. The van der Waals surface area contributed by atoms with Gasteiger partial charge in [0.05, 0.1) is 11.7 Å². The van der Waals surface area contributed by atoms with E-state index in [1.807, 2.05) is 19.2 Å². The van der Waals surface area contributed by atoms with Crippen molar-refractivity contribution in [3.05, 3.63) is 65.2 Å². The van der Waals surface area contributed by atoms with Crippen LogP contribution < -0.4 is 5.32 Å². The van der Waals surface area contributed by atoms with Crippen molar-refractivity contribution >= 4 is 0 Å². The molecule has 106 valence electrons. The van der Waals surface area contributed by atoms with Crippen molar-refractivity contribution < 1.29 is 4.39 Å². The number of aromatic nitrogens is 1. The number of hydrogen-bond donors (Lipinski definition) is 1. The second kappa shape index (κ2) is 6.62. The maximum atomic E-state index is 13.9. The minimum atomic E-state index is -0.277. The van der Waals surface area contributed by atoms with Crippen molar-refractivity contribution in [1.82, 2.24) is 10.3 Å². The van der Waals surface area contributed by atoms with E-state index in [0.29, 0.717) is 11.6 Å². The Hall–Kier alpha value is -1.74. The maximum Gasteiger partial charge on any atom is 0.146 e. The van der Waals surface area contributed by atoms with Crippen LogP contribution in [-0.2, 0) is 6.42 Å². The standard InChI is InChI=1S/C17H21FN2/c1-12(2)10-13-6-4-7-14(11-13)16(19-3)17-15(18)8-5-9-20-17/h4-9,11-12,16,19H,10H2,1-3H3. The predicted molar refractivity (Wildman–Crippen MR) is 80.1 cm³/mol. The molecule has 20 heavy (non-hydrogen) atoms. The van der Waals surface area contributed by atoms with Crippen molar-refractivity contribution in [1.29, 1.82) is 0 Å². The Morgan fingerprint density at radius 2 is 2.00 bits per heavy atom. The zero-order valence-corrected chi connectivity index (χ0v) is 12.2. The fourth-order valence-corrected chi connectivity index (χ4v) is 2.44. The average Bonchev–Trinajstić information content (AvgIpc) is 2.41. The minimum Gasteiger partial charge on any atom is -0.308 e. The first kappa shape index (κ1) is 14.7. The molecule has 0 aliphatic rings. The zero-order valence-electron chi connectivity index (χ0n) is 12.2. The molecule has 1 heterocycles. The van der Waals surface area contributed by atoms with Crippen molar-refractivity contribution in [3.63, 3.8) is 0 Å². The van der Waals surface area contributed by atoms with Crippen molar-refractivity contribution in [3.8, 4) is 0 Å². The van der Waals surface area contributed by atoms with Crippen LogP contribution in [0.5, 0.6) is 0 Å². The van der Waals surface area contributed by atoms with Crippen LogP contribution in [0, 0.1) is 11.7 Å². The molecule has 0 aliphatic carbocycles. The molecule has 0 radical (unpaired) electrons. The Balaban J connectivity index is 2.35. The van der Waals surface area contributed by atoms with E-state index in [1.54, 1.807) is 12.3 Å². The molecule has 0 spiro atoms. The third-order valence-corrected chi connectivity index (χ3v) is 3.28. The third-order valence-electron chi connectivity index (χ3n) is 3.28. The van der Waals surface area contributed by atoms with Crippen molar-refractivity contribution in [2.24, 2.45) is 5.92 Å². The van der Waals surface area contributed by atoms with E-state index in [9.17, 15) is 4.39 Å². The van der Waals surface area contributed by atoms with Gasteiger partial charge in [0.1, 0.15) is 5.82 Å². The van der Waals surface area contributed by atoms with Gasteiger partial charge in [0, 0.05) is 6.20 Å². The molecule has 2 aromatic rings. The molecular weight excluding hydrogens is 251 g/mol.